The highest BCUT2D eigenvalue weighted by Crippen LogP contribution is 2.17. The second-order valence-corrected chi connectivity index (χ2v) is 5.97. The molecule has 0 radical (unpaired) electrons. The van der Waals surface area contributed by atoms with E-state index in [-0.39, 0.29) is 5.91 Å². The van der Waals surface area contributed by atoms with E-state index in [4.69, 9.17) is 0 Å². The molecule has 0 aliphatic heterocycles. The molecule has 21 heavy (non-hydrogen) atoms. The number of hydrogen-bond donors (Lipinski definition) is 1. The van der Waals surface area contributed by atoms with Crippen LogP contribution in [0, 0.1) is 0 Å². The van der Waals surface area contributed by atoms with E-state index in [1.807, 2.05) is 61.6 Å². The Morgan fingerprint density at radius 2 is 1.86 bits per heavy atom. The van der Waals surface area contributed by atoms with Crippen molar-refractivity contribution in [1.29, 1.82) is 0 Å². The van der Waals surface area contributed by atoms with E-state index in [9.17, 15) is 4.79 Å². The van der Waals surface area contributed by atoms with Gasteiger partial charge in [-0.2, -0.15) is 0 Å². The van der Waals surface area contributed by atoms with Crippen molar-refractivity contribution in [3.63, 3.8) is 0 Å². The van der Waals surface area contributed by atoms with Gasteiger partial charge >= 0.3 is 0 Å². The molecule has 0 bridgehead atoms. The number of H-pyrrole nitrogens is 1. The van der Waals surface area contributed by atoms with E-state index >= 15 is 0 Å². The zero-order valence-electron chi connectivity index (χ0n) is 11.6. The lowest BCUT2D eigenvalue weighted by Gasteiger charge is -2.16. The second kappa shape index (κ2) is 5.74. The number of aromatic nitrogens is 1. The van der Waals surface area contributed by atoms with Gasteiger partial charge in [-0.25, -0.2) is 0 Å². The highest BCUT2D eigenvalue weighted by molar-refractivity contribution is 9.10. The Labute approximate surface area is 131 Å². The molecule has 0 aliphatic carbocycles. The Balaban J connectivity index is 1.78. The Morgan fingerprint density at radius 3 is 2.57 bits per heavy atom. The lowest BCUT2D eigenvalue weighted by Crippen LogP contribution is -2.26. The number of amides is 1. The molecule has 1 aromatic heterocycles. The zero-order chi connectivity index (χ0) is 14.8. The summed E-state index contributed by atoms with van der Waals surface area (Å²) in [5, 5.41) is 1.05. The molecule has 3 aromatic rings. The molecule has 0 saturated carbocycles. The van der Waals surface area contributed by atoms with Crippen LogP contribution in [0.4, 0.5) is 0 Å². The molecular weight excluding hydrogens is 328 g/mol. The van der Waals surface area contributed by atoms with Crippen LogP contribution in [0.2, 0.25) is 0 Å². The average Bonchev–Trinajstić information content (AvgIpc) is 2.92. The number of carbonyl (C=O) groups excluding carboxylic acids is 1. The number of fused-ring (bicyclic) bond motifs is 1. The first-order valence-corrected chi connectivity index (χ1v) is 7.50. The molecule has 0 fully saturated rings. The molecule has 2 aromatic carbocycles. The van der Waals surface area contributed by atoms with Gasteiger partial charge in [0.15, 0.2) is 0 Å². The number of hydrogen-bond acceptors (Lipinski definition) is 1. The van der Waals surface area contributed by atoms with E-state index in [2.05, 4.69) is 20.9 Å². The number of benzene rings is 2. The number of halogens is 1. The third-order valence-electron chi connectivity index (χ3n) is 3.44. The minimum atomic E-state index is -0.00545. The quantitative estimate of drug-likeness (QED) is 0.760. The maximum absolute atomic E-state index is 12.5. The molecular formula is C17H15BrN2O. The van der Waals surface area contributed by atoms with Gasteiger partial charge in [0.05, 0.1) is 0 Å². The van der Waals surface area contributed by atoms with Gasteiger partial charge in [0.1, 0.15) is 5.69 Å². The first kappa shape index (κ1) is 13.9. The van der Waals surface area contributed by atoms with Crippen molar-refractivity contribution in [3.05, 3.63) is 70.3 Å². The van der Waals surface area contributed by atoms with Gasteiger partial charge in [0, 0.05) is 29.0 Å². The van der Waals surface area contributed by atoms with Crippen molar-refractivity contribution in [2.24, 2.45) is 0 Å². The molecule has 1 heterocycles. The minimum absolute atomic E-state index is 0.00545. The minimum Gasteiger partial charge on any atom is -0.351 e. The molecule has 106 valence electrons. The summed E-state index contributed by atoms with van der Waals surface area (Å²) in [5.74, 6) is -0.00545. The van der Waals surface area contributed by atoms with Gasteiger partial charge in [0.2, 0.25) is 0 Å². The first-order valence-electron chi connectivity index (χ1n) is 6.71. The Bertz CT molecular complexity index is 744. The molecule has 3 nitrogen and oxygen atoms in total. The van der Waals surface area contributed by atoms with Crippen LogP contribution in [-0.4, -0.2) is 22.8 Å². The first-order chi connectivity index (χ1) is 10.1. The fourth-order valence-corrected chi connectivity index (χ4v) is 2.59. The standard InChI is InChI=1S/C17H15BrN2O/c1-20(11-12-6-8-14(18)9-7-12)17(21)16-10-13-4-2-3-5-15(13)19-16/h2-10,19H,11H2,1H3. The number of para-hydroxylation sites is 1. The van der Waals surface area contributed by atoms with Crippen LogP contribution in [0.25, 0.3) is 10.9 Å². The maximum Gasteiger partial charge on any atom is 0.270 e. The van der Waals surface area contributed by atoms with Gasteiger partial charge in [0.25, 0.3) is 5.91 Å². The van der Waals surface area contributed by atoms with Crippen LogP contribution < -0.4 is 0 Å². The average molecular weight is 343 g/mol. The molecule has 3 rings (SSSR count). The number of aromatic amines is 1. The topological polar surface area (TPSA) is 36.1 Å². The summed E-state index contributed by atoms with van der Waals surface area (Å²) in [6.07, 6.45) is 0. The zero-order valence-corrected chi connectivity index (χ0v) is 13.2. The van der Waals surface area contributed by atoms with Gasteiger partial charge in [-0.15, -0.1) is 0 Å². The van der Waals surface area contributed by atoms with E-state index < -0.39 is 0 Å². The highest BCUT2D eigenvalue weighted by atomic mass is 79.9. The third-order valence-corrected chi connectivity index (χ3v) is 3.97. The summed E-state index contributed by atoms with van der Waals surface area (Å²) in [4.78, 5) is 17.4. The smallest absolute Gasteiger partial charge is 0.270 e. The molecule has 4 heteroatoms. The van der Waals surface area contributed by atoms with E-state index in [0.29, 0.717) is 12.2 Å². The van der Waals surface area contributed by atoms with E-state index in [0.717, 1.165) is 20.9 Å². The van der Waals surface area contributed by atoms with E-state index in [1.165, 1.54) is 0 Å². The monoisotopic (exact) mass is 342 g/mol. The van der Waals surface area contributed by atoms with Crippen molar-refractivity contribution >= 4 is 32.7 Å². The fourth-order valence-electron chi connectivity index (χ4n) is 2.33. The molecule has 1 amide bonds. The summed E-state index contributed by atoms with van der Waals surface area (Å²) < 4.78 is 1.04. The van der Waals surface area contributed by atoms with Crippen molar-refractivity contribution in [2.45, 2.75) is 6.54 Å². The Morgan fingerprint density at radius 1 is 1.14 bits per heavy atom. The lowest BCUT2D eigenvalue weighted by molar-refractivity contribution is 0.0780. The number of nitrogens with zero attached hydrogens (tertiary/aromatic N) is 1. The second-order valence-electron chi connectivity index (χ2n) is 5.06. The summed E-state index contributed by atoms with van der Waals surface area (Å²) >= 11 is 3.41. The molecule has 0 unspecified atom stereocenters. The number of nitrogens with one attached hydrogen (secondary N) is 1. The highest BCUT2D eigenvalue weighted by Gasteiger charge is 2.14. The summed E-state index contributed by atoms with van der Waals surface area (Å²) in [7, 11) is 1.82. The van der Waals surface area contributed by atoms with Gasteiger partial charge < -0.3 is 9.88 Å². The van der Waals surface area contributed by atoms with Gasteiger partial charge in [-0.1, -0.05) is 46.3 Å². The van der Waals surface area contributed by atoms with Crippen LogP contribution in [0.15, 0.2) is 59.1 Å². The third kappa shape index (κ3) is 3.00. The SMILES string of the molecule is CN(Cc1ccc(Br)cc1)C(=O)c1cc2ccccc2[nH]1. The Kier molecular flexibility index (Phi) is 3.80. The van der Waals surface area contributed by atoms with Gasteiger partial charge in [-0.05, 0) is 29.8 Å². The summed E-state index contributed by atoms with van der Waals surface area (Å²) in [5.41, 5.74) is 2.71. The predicted octanol–water partition coefficient (Wildman–Crippen LogP) is 4.20. The Hall–Kier alpha value is -2.07. The largest absolute Gasteiger partial charge is 0.351 e. The van der Waals surface area contributed by atoms with Crippen LogP contribution in [0.1, 0.15) is 16.1 Å². The number of carbonyl (C=O) groups is 1. The van der Waals surface area contributed by atoms with Crippen molar-refractivity contribution < 1.29 is 4.79 Å². The van der Waals surface area contributed by atoms with Crippen molar-refractivity contribution in [3.8, 4) is 0 Å². The predicted molar refractivity (Wildman–Crippen MR) is 88.2 cm³/mol. The van der Waals surface area contributed by atoms with Gasteiger partial charge in [-0.3, -0.25) is 4.79 Å². The molecule has 0 aliphatic rings. The summed E-state index contributed by atoms with van der Waals surface area (Å²) in [6, 6.07) is 17.8. The van der Waals surface area contributed by atoms with Crippen LogP contribution in [0.5, 0.6) is 0 Å². The fraction of sp³-hybridized carbons (Fsp3) is 0.118. The van der Waals surface area contributed by atoms with Crippen LogP contribution in [-0.2, 0) is 6.54 Å². The molecule has 0 atom stereocenters. The maximum atomic E-state index is 12.5. The molecule has 1 N–H and O–H groups in total. The van der Waals surface area contributed by atoms with Crippen LogP contribution >= 0.6 is 15.9 Å². The van der Waals surface area contributed by atoms with Crippen molar-refractivity contribution in [1.82, 2.24) is 9.88 Å². The summed E-state index contributed by atoms with van der Waals surface area (Å²) in [6.45, 7) is 0.585. The molecule has 0 spiro atoms. The van der Waals surface area contributed by atoms with E-state index in [1.54, 1.807) is 4.90 Å². The normalized spacial score (nSPS) is 10.8. The lowest BCUT2D eigenvalue weighted by atomic mass is 10.2. The number of rotatable bonds is 3. The van der Waals surface area contributed by atoms with Crippen molar-refractivity contribution in [2.75, 3.05) is 7.05 Å². The van der Waals surface area contributed by atoms with Crippen LogP contribution in [0.3, 0.4) is 0 Å². The molecule has 0 saturated heterocycles.